The largest absolute Gasteiger partial charge is 0.504 e. The first-order valence-electron chi connectivity index (χ1n) is 13.2. The normalized spacial score (nSPS) is 29.0. The Morgan fingerprint density at radius 1 is 1.20 bits per heavy atom. The molecule has 210 valence electrons. The van der Waals surface area contributed by atoms with Gasteiger partial charge in [-0.2, -0.15) is 0 Å². The zero-order valence-electron chi connectivity index (χ0n) is 22.8. The van der Waals surface area contributed by atoms with Crippen molar-refractivity contribution >= 4 is 33.4 Å². The summed E-state index contributed by atoms with van der Waals surface area (Å²) >= 11 is 3.45. The molecule has 2 aromatic carbocycles. The Labute approximate surface area is 240 Å². The number of hydrogen-bond donors (Lipinski definition) is 1. The molecule has 2 aromatic rings. The minimum absolute atomic E-state index is 0.0259. The summed E-state index contributed by atoms with van der Waals surface area (Å²) in [5.41, 5.74) is 2.81. The number of aromatic hydroxyl groups is 1. The Bertz CT molecular complexity index is 1450. The van der Waals surface area contributed by atoms with E-state index in [1.54, 1.807) is 6.07 Å². The second-order valence-corrected chi connectivity index (χ2v) is 11.8. The first kappa shape index (κ1) is 26.8. The van der Waals surface area contributed by atoms with Crippen LogP contribution in [0.5, 0.6) is 11.5 Å². The molecule has 0 aromatic heterocycles. The molecular weight excluding hydrogens is 580 g/mol. The molecule has 9 nitrogen and oxygen atoms in total. The maximum absolute atomic E-state index is 13.3. The number of ketones is 1. The quantitative estimate of drug-likeness (QED) is 0.505. The van der Waals surface area contributed by atoms with Gasteiger partial charge in [0.05, 0.1) is 21.3 Å². The van der Waals surface area contributed by atoms with Crippen LogP contribution in [0.2, 0.25) is 0 Å². The van der Waals surface area contributed by atoms with Crippen LogP contribution < -0.4 is 4.74 Å². The van der Waals surface area contributed by atoms with E-state index in [1.807, 2.05) is 30.3 Å². The number of benzene rings is 2. The van der Waals surface area contributed by atoms with Gasteiger partial charge in [-0.15, -0.1) is 0 Å². The van der Waals surface area contributed by atoms with E-state index < -0.39 is 23.4 Å². The zero-order valence-corrected chi connectivity index (χ0v) is 24.4. The summed E-state index contributed by atoms with van der Waals surface area (Å²) in [7, 11) is 6.44. The predicted molar refractivity (Wildman–Crippen MR) is 149 cm³/mol. The van der Waals surface area contributed by atoms with Crippen molar-refractivity contribution in [3.63, 3.8) is 0 Å². The number of oxime groups is 1. The summed E-state index contributed by atoms with van der Waals surface area (Å²) in [6, 6.07) is 9.28. The van der Waals surface area contributed by atoms with Crippen molar-refractivity contribution in [3.8, 4) is 11.5 Å². The lowest BCUT2D eigenvalue weighted by molar-refractivity contribution is -0.146. The summed E-state index contributed by atoms with van der Waals surface area (Å²) in [5.74, 6) is -0.809. The lowest BCUT2D eigenvalue weighted by Crippen LogP contribution is -2.60. The van der Waals surface area contributed by atoms with Gasteiger partial charge in [-0.3, -0.25) is 9.59 Å². The van der Waals surface area contributed by atoms with E-state index in [0.717, 1.165) is 22.1 Å². The van der Waals surface area contributed by atoms with Crippen LogP contribution in [0.3, 0.4) is 0 Å². The molecule has 0 radical (unpaired) electrons. The number of methoxy groups -OCH3 is 3. The highest BCUT2D eigenvalue weighted by Crippen LogP contribution is 2.59. The highest BCUT2D eigenvalue weighted by Gasteiger charge is 2.58. The van der Waals surface area contributed by atoms with Gasteiger partial charge in [0.25, 0.3) is 0 Å². The number of phenolic OH excluding ortho intramolecular Hbond substituents is 1. The monoisotopic (exact) mass is 610 g/mol. The van der Waals surface area contributed by atoms with Gasteiger partial charge in [-0.05, 0) is 56.3 Å². The molecule has 1 N–H and O–H groups in total. The van der Waals surface area contributed by atoms with Gasteiger partial charge in [0.2, 0.25) is 0 Å². The smallest absolute Gasteiger partial charge is 0.319 e. The molecule has 4 aliphatic rings. The molecule has 2 aliphatic heterocycles. The fraction of sp³-hybridized carbons (Fsp3) is 0.433. The number of nitrogens with zero attached hydrogens (tertiary/aromatic N) is 2. The summed E-state index contributed by atoms with van der Waals surface area (Å²) in [5, 5.41) is 16.0. The van der Waals surface area contributed by atoms with Gasteiger partial charge >= 0.3 is 5.97 Å². The minimum Gasteiger partial charge on any atom is -0.504 e. The summed E-state index contributed by atoms with van der Waals surface area (Å²) in [6.07, 6.45) is 2.59. The lowest BCUT2D eigenvalue weighted by Gasteiger charge is -2.57. The van der Waals surface area contributed by atoms with Crippen molar-refractivity contribution in [1.82, 2.24) is 4.90 Å². The molecule has 0 spiro atoms. The predicted octanol–water partition coefficient (Wildman–Crippen LogP) is 4.05. The number of phenols is 1. The number of ether oxygens (including phenoxy) is 3. The Hall–Kier alpha value is -3.37. The van der Waals surface area contributed by atoms with Gasteiger partial charge in [0.15, 0.2) is 29.1 Å². The molecule has 0 amide bonds. The van der Waals surface area contributed by atoms with Crippen molar-refractivity contribution in [2.75, 3.05) is 34.9 Å². The molecule has 2 bridgehead atoms. The van der Waals surface area contributed by atoms with Crippen LogP contribution in [0.15, 0.2) is 51.8 Å². The number of fused-ring (bicyclic) bond motifs is 1. The van der Waals surface area contributed by atoms with Crippen LogP contribution in [-0.2, 0) is 35.7 Å². The van der Waals surface area contributed by atoms with Crippen molar-refractivity contribution in [1.29, 1.82) is 0 Å². The fourth-order valence-corrected chi connectivity index (χ4v) is 7.47. The third-order valence-electron chi connectivity index (χ3n) is 9.13. The van der Waals surface area contributed by atoms with Crippen LogP contribution in [0.1, 0.15) is 41.2 Å². The van der Waals surface area contributed by atoms with Gasteiger partial charge in [0.1, 0.15) is 11.6 Å². The SMILES string of the molecule is COC(=O)[C@H]1C(c2ccc(Br)cc2)=NO[C@@H]1c1cc(OC)c(O)c2c1C[C@@H]1[C@@H]3C=C(OC)C(=O)C[C@]23CCN1C. The number of carbonyl (C=O) groups is 2. The van der Waals surface area contributed by atoms with Crippen LogP contribution in [0.4, 0.5) is 0 Å². The zero-order chi connectivity index (χ0) is 28.3. The van der Waals surface area contributed by atoms with Crippen LogP contribution in [-0.4, -0.2) is 68.4 Å². The van der Waals surface area contributed by atoms with E-state index in [0.29, 0.717) is 35.4 Å². The van der Waals surface area contributed by atoms with Gasteiger partial charge in [-0.25, -0.2) is 0 Å². The number of allylic oxidation sites excluding steroid dienone is 1. The Kier molecular flexibility index (Phi) is 6.65. The van der Waals surface area contributed by atoms with Crippen molar-refractivity contribution in [3.05, 3.63) is 68.9 Å². The van der Waals surface area contributed by atoms with Crippen molar-refractivity contribution in [2.45, 2.75) is 36.8 Å². The van der Waals surface area contributed by atoms with E-state index in [-0.39, 0.29) is 35.7 Å². The molecule has 10 heteroatoms. The second kappa shape index (κ2) is 9.92. The summed E-state index contributed by atoms with van der Waals surface area (Å²) in [4.78, 5) is 34.9. The number of likely N-dealkylation sites (tertiary alicyclic amines) is 1. The third kappa shape index (κ3) is 3.87. The average Bonchev–Trinajstić information content (AvgIpc) is 3.39. The van der Waals surface area contributed by atoms with E-state index in [1.165, 1.54) is 21.3 Å². The second-order valence-electron chi connectivity index (χ2n) is 10.9. The topological polar surface area (TPSA) is 107 Å². The van der Waals surface area contributed by atoms with Crippen LogP contribution >= 0.6 is 15.9 Å². The van der Waals surface area contributed by atoms with E-state index in [4.69, 9.17) is 19.0 Å². The number of carbonyl (C=O) groups excluding carboxylic acids is 2. The number of hydrogen-bond acceptors (Lipinski definition) is 9. The first-order valence-corrected chi connectivity index (χ1v) is 14.0. The highest BCUT2D eigenvalue weighted by atomic mass is 79.9. The molecule has 2 heterocycles. The Morgan fingerprint density at radius 3 is 2.62 bits per heavy atom. The van der Waals surface area contributed by atoms with Crippen molar-refractivity contribution in [2.24, 2.45) is 17.0 Å². The van der Waals surface area contributed by atoms with E-state index in [9.17, 15) is 14.7 Å². The minimum atomic E-state index is -0.842. The number of piperidine rings is 1. The van der Waals surface area contributed by atoms with E-state index in [2.05, 4.69) is 33.0 Å². The van der Waals surface area contributed by atoms with Gasteiger partial charge in [0, 0.05) is 45.0 Å². The molecule has 0 unspecified atom stereocenters. The molecule has 5 atom stereocenters. The molecular formula is C30H31BrN2O7. The standard InChI is InChI=1S/C30H31BrN2O7/c1-33-10-9-30-14-21(34)22(37-2)13-19(30)20(33)11-17-18(12-23(38-3)27(35)25(17)30)28-24(29(36)39-4)26(32-40-28)15-5-7-16(31)8-6-15/h5-8,12-13,19-20,24,28,35H,9-11,14H2,1-4H3/t19-,20+,24-,28+,30-/m0/s1. The van der Waals surface area contributed by atoms with Crippen molar-refractivity contribution < 1.29 is 33.7 Å². The lowest BCUT2D eigenvalue weighted by atomic mass is 9.53. The summed E-state index contributed by atoms with van der Waals surface area (Å²) < 4.78 is 17.2. The highest BCUT2D eigenvalue weighted by molar-refractivity contribution is 9.10. The number of halogens is 1. The molecule has 6 rings (SSSR count). The number of esters is 1. The van der Waals surface area contributed by atoms with Gasteiger partial charge in [-0.1, -0.05) is 33.2 Å². The first-order chi connectivity index (χ1) is 19.2. The number of rotatable bonds is 5. The molecule has 1 fully saturated rings. The maximum Gasteiger partial charge on any atom is 0.319 e. The van der Waals surface area contributed by atoms with Gasteiger partial charge < -0.3 is 29.1 Å². The fourth-order valence-electron chi connectivity index (χ4n) is 7.21. The number of Topliss-reactive ketones (excluding diaryl/α,β-unsaturated/α-hetero) is 1. The Balaban J connectivity index is 1.55. The molecule has 1 saturated heterocycles. The Morgan fingerprint density at radius 2 is 1.95 bits per heavy atom. The van der Waals surface area contributed by atoms with Crippen LogP contribution in [0.25, 0.3) is 0 Å². The molecule has 2 aliphatic carbocycles. The average molecular weight is 611 g/mol. The molecule has 40 heavy (non-hydrogen) atoms. The third-order valence-corrected chi connectivity index (χ3v) is 9.66. The summed E-state index contributed by atoms with van der Waals surface area (Å²) in [6.45, 7) is 0.775. The van der Waals surface area contributed by atoms with Crippen LogP contribution in [0, 0.1) is 11.8 Å². The molecule has 0 saturated carbocycles. The maximum atomic E-state index is 13.3. The van der Waals surface area contributed by atoms with E-state index >= 15 is 0 Å². The number of likely N-dealkylation sites (N-methyl/N-ethyl adjacent to an activating group) is 1.